The molecule has 0 aromatic rings. The summed E-state index contributed by atoms with van der Waals surface area (Å²) in [5.74, 6) is 0.0708. The molecule has 0 aromatic carbocycles. The predicted octanol–water partition coefficient (Wildman–Crippen LogP) is -0.349. The number of rotatable bonds is 3. The van der Waals surface area contributed by atoms with E-state index in [1.54, 1.807) is 6.08 Å². The van der Waals surface area contributed by atoms with Crippen molar-refractivity contribution in [3.05, 3.63) is 12.7 Å². The van der Waals surface area contributed by atoms with Gasteiger partial charge >= 0.3 is 0 Å². The summed E-state index contributed by atoms with van der Waals surface area (Å²) in [6.07, 6.45) is 2.04. The molecule has 0 aliphatic carbocycles. The summed E-state index contributed by atoms with van der Waals surface area (Å²) in [6.45, 7) is 5.29. The number of hydrogen-bond donors (Lipinski definition) is 2. The lowest BCUT2D eigenvalue weighted by Gasteiger charge is -2.27. The van der Waals surface area contributed by atoms with Gasteiger partial charge < -0.3 is 10.6 Å². The van der Waals surface area contributed by atoms with Gasteiger partial charge in [-0.2, -0.15) is 0 Å². The second-order valence-corrected chi connectivity index (χ2v) is 2.42. The van der Waals surface area contributed by atoms with Crippen molar-refractivity contribution in [2.45, 2.75) is 12.5 Å². The molecule has 1 amide bonds. The zero-order chi connectivity index (χ0) is 7.40. The average Bonchev–Trinajstić information content (AvgIpc) is 1.80. The first-order valence-electron chi connectivity index (χ1n) is 3.44. The smallest absolute Gasteiger partial charge is 0.224 e. The molecule has 2 N–H and O–H groups in total. The van der Waals surface area contributed by atoms with Gasteiger partial charge in [0.15, 0.2) is 0 Å². The van der Waals surface area contributed by atoms with Crippen molar-refractivity contribution in [3.8, 4) is 0 Å². The molecule has 1 fully saturated rings. The van der Waals surface area contributed by atoms with Gasteiger partial charge in [0.2, 0.25) is 5.91 Å². The summed E-state index contributed by atoms with van der Waals surface area (Å²) in [4.78, 5) is 10.8. The Labute approximate surface area is 60.5 Å². The third-order valence-electron chi connectivity index (χ3n) is 1.48. The van der Waals surface area contributed by atoms with Gasteiger partial charge in [0.05, 0.1) is 6.04 Å². The maximum Gasteiger partial charge on any atom is 0.224 e. The van der Waals surface area contributed by atoms with E-state index in [0.717, 1.165) is 13.1 Å². The summed E-state index contributed by atoms with van der Waals surface area (Å²) in [5, 5.41) is 5.91. The van der Waals surface area contributed by atoms with Crippen LogP contribution < -0.4 is 10.6 Å². The van der Waals surface area contributed by atoms with Crippen LogP contribution in [0.3, 0.4) is 0 Å². The number of amides is 1. The Morgan fingerprint density at radius 2 is 2.50 bits per heavy atom. The quantitative estimate of drug-likeness (QED) is 0.526. The van der Waals surface area contributed by atoms with Crippen LogP contribution in [-0.4, -0.2) is 25.0 Å². The number of carbonyl (C=O) groups excluding carboxylic acids is 1. The Morgan fingerprint density at radius 3 is 2.90 bits per heavy atom. The predicted molar refractivity (Wildman–Crippen MR) is 39.6 cm³/mol. The van der Waals surface area contributed by atoms with Crippen molar-refractivity contribution in [1.29, 1.82) is 0 Å². The zero-order valence-electron chi connectivity index (χ0n) is 5.89. The molecule has 1 rings (SSSR count). The molecule has 1 heterocycles. The van der Waals surface area contributed by atoms with Crippen LogP contribution in [0.1, 0.15) is 6.42 Å². The van der Waals surface area contributed by atoms with E-state index in [2.05, 4.69) is 17.2 Å². The lowest BCUT2D eigenvalue weighted by atomic mass is 10.2. The second-order valence-electron chi connectivity index (χ2n) is 2.42. The molecule has 1 aliphatic heterocycles. The van der Waals surface area contributed by atoms with Crippen LogP contribution in [0.4, 0.5) is 0 Å². The van der Waals surface area contributed by atoms with Crippen molar-refractivity contribution < 1.29 is 4.79 Å². The highest BCUT2D eigenvalue weighted by Crippen LogP contribution is 1.91. The SMILES string of the molecule is C=CCC(=O)NC1CNC1. The summed E-state index contributed by atoms with van der Waals surface area (Å²) in [5.41, 5.74) is 0. The lowest BCUT2D eigenvalue weighted by molar-refractivity contribution is -0.121. The first-order valence-corrected chi connectivity index (χ1v) is 3.44. The van der Waals surface area contributed by atoms with Gasteiger partial charge in [-0.05, 0) is 0 Å². The highest BCUT2D eigenvalue weighted by atomic mass is 16.1. The van der Waals surface area contributed by atoms with Crippen LogP contribution in [0.5, 0.6) is 0 Å². The van der Waals surface area contributed by atoms with Crippen molar-refractivity contribution >= 4 is 5.91 Å². The van der Waals surface area contributed by atoms with Gasteiger partial charge in [0.1, 0.15) is 0 Å². The summed E-state index contributed by atoms with van der Waals surface area (Å²) >= 11 is 0. The molecule has 0 spiro atoms. The van der Waals surface area contributed by atoms with E-state index >= 15 is 0 Å². The van der Waals surface area contributed by atoms with Gasteiger partial charge in [-0.25, -0.2) is 0 Å². The van der Waals surface area contributed by atoms with Gasteiger partial charge in [-0.3, -0.25) is 4.79 Å². The first-order chi connectivity index (χ1) is 4.83. The molecule has 0 radical (unpaired) electrons. The van der Waals surface area contributed by atoms with Gasteiger partial charge in [-0.1, -0.05) is 6.08 Å². The van der Waals surface area contributed by atoms with Crippen LogP contribution in [0, 0.1) is 0 Å². The van der Waals surface area contributed by atoms with E-state index in [0.29, 0.717) is 12.5 Å². The summed E-state index contributed by atoms with van der Waals surface area (Å²) < 4.78 is 0. The van der Waals surface area contributed by atoms with Gasteiger partial charge in [0, 0.05) is 19.5 Å². The Balaban J connectivity index is 2.10. The van der Waals surface area contributed by atoms with Crippen LogP contribution >= 0.6 is 0 Å². The Bertz CT molecular complexity index is 141. The highest BCUT2D eigenvalue weighted by molar-refractivity contribution is 5.77. The summed E-state index contributed by atoms with van der Waals surface area (Å²) in [6, 6.07) is 0.354. The standard InChI is InChI=1S/C7H12N2O/c1-2-3-7(10)9-6-4-8-5-6/h2,6,8H,1,3-5H2,(H,9,10). The minimum atomic E-state index is 0.0708. The van der Waals surface area contributed by atoms with Crippen LogP contribution in [0.15, 0.2) is 12.7 Å². The van der Waals surface area contributed by atoms with Crippen molar-refractivity contribution in [2.75, 3.05) is 13.1 Å². The molecule has 56 valence electrons. The maximum absolute atomic E-state index is 10.8. The molecule has 3 heteroatoms. The van der Waals surface area contributed by atoms with E-state index < -0.39 is 0 Å². The van der Waals surface area contributed by atoms with Crippen LogP contribution in [-0.2, 0) is 4.79 Å². The van der Waals surface area contributed by atoms with Crippen LogP contribution in [0.25, 0.3) is 0 Å². The average molecular weight is 140 g/mol. The van der Waals surface area contributed by atoms with E-state index in [4.69, 9.17) is 0 Å². The molecular weight excluding hydrogens is 128 g/mol. The Morgan fingerprint density at radius 1 is 1.80 bits per heavy atom. The van der Waals surface area contributed by atoms with Crippen molar-refractivity contribution in [1.82, 2.24) is 10.6 Å². The fourth-order valence-corrected chi connectivity index (χ4v) is 0.808. The molecule has 1 aliphatic rings. The number of carbonyl (C=O) groups is 1. The second kappa shape index (κ2) is 3.37. The molecular formula is C7H12N2O. The minimum absolute atomic E-state index is 0.0708. The molecule has 0 unspecified atom stereocenters. The third kappa shape index (κ3) is 1.84. The molecule has 0 atom stereocenters. The van der Waals surface area contributed by atoms with E-state index in [1.165, 1.54) is 0 Å². The van der Waals surface area contributed by atoms with E-state index in [1.807, 2.05) is 0 Å². The van der Waals surface area contributed by atoms with Gasteiger partial charge in [0.25, 0.3) is 0 Å². The Hall–Kier alpha value is -0.830. The topological polar surface area (TPSA) is 41.1 Å². The molecule has 0 aromatic heterocycles. The largest absolute Gasteiger partial charge is 0.351 e. The zero-order valence-corrected chi connectivity index (χ0v) is 5.89. The van der Waals surface area contributed by atoms with Crippen molar-refractivity contribution in [3.63, 3.8) is 0 Å². The fraction of sp³-hybridized carbons (Fsp3) is 0.571. The monoisotopic (exact) mass is 140 g/mol. The molecule has 0 bridgehead atoms. The van der Waals surface area contributed by atoms with Crippen molar-refractivity contribution in [2.24, 2.45) is 0 Å². The molecule has 0 saturated carbocycles. The normalized spacial score (nSPS) is 17.6. The maximum atomic E-state index is 10.8. The van der Waals surface area contributed by atoms with Gasteiger partial charge in [-0.15, -0.1) is 6.58 Å². The lowest BCUT2D eigenvalue weighted by Crippen LogP contribution is -2.56. The third-order valence-corrected chi connectivity index (χ3v) is 1.48. The van der Waals surface area contributed by atoms with Crippen LogP contribution in [0.2, 0.25) is 0 Å². The van der Waals surface area contributed by atoms with E-state index in [-0.39, 0.29) is 5.91 Å². The molecule has 3 nitrogen and oxygen atoms in total. The minimum Gasteiger partial charge on any atom is -0.351 e. The highest BCUT2D eigenvalue weighted by Gasteiger charge is 2.17. The van der Waals surface area contributed by atoms with E-state index in [9.17, 15) is 4.79 Å². The molecule has 1 saturated heterocycles. The first kappa shape index (κ1) is 7.28. The Kier molecular flexibility index (Phi) is 2.45. The molecule has 10 heavy (non-hydrogen) atoms. The fourth-order valence-electron chi connectivity index (χ4n) is 0.808. The number of nitrogens with one attached hydrogen (secondary N) is 2. The summed E-state index contributed by atoms with van der Waals surface area (Å²) in [7, 11) is 0. The number of hydrogen-bond acceptors (Lipinski definition) is 2.